The van der Waals surface area contributed by atoms with E-state index in [0.29, 0.717) is 22.3 Å². The predicted octanol–water partition coefficient (Wildman–Crippen LogP) is 2.70. The number of benzene rings is 1. The second-order valence-electron chi connectivity index (χ2n) is 4.20. The van der Waals surface area contributed by atoms with Gasteiger partial charge in [0, 0.05) is 27.8 Å². The first kappa shape index (κ1) is 13.8. The molecule has 2 rings (SSSR count). The molecule has 1 fully saturated rings. The number of ether oxygens (including phenoxy) is 1. The maximum absolute atomic E-state index is 12.1. The second kappa shape index (κ2) is 6.04. The summed E-state index contributed by atoms with van der Waals surface area (Å²) < 4.78 is 6.97. The van der Waals surface area contributed by atoms with Crippen LogP contribution in [0, 0.1) is 0 Å². The molecule has 1 unspecified atom stereocenters. The Balaban J connectivity index is 2.04. The van der Waals surface area contributed by atoms with Gasteiger partial charge in [-0.15, -0.1) is 0 Å². The van der Waals surface area contributed by atoms with E-state index < -0.39 is 0 Å². The lowest BCUT2D eigenvalue weighted by molar-refractivity contribution is 0.0858. The lowest BCUT2D eigenvalue weighted by atomic mass is 10.1. The van der Waals surface area contributed by atoms with Crippen molar-refractivity contribution in [3.8, 4) is 0 Å². The standard InChI is InChI=1S/C12H14Br2N2O2/c13-7-4-9(14)11(10(15)5-7)12(17)16-6-8-2-1-3-18-8/h4-5,8H,1-3,6,15H2,(H,16,17). The van der Waals surface area contributed by atoms with Gasteiger partial charge in [0.2, 0.25) is 0 Å². The van der Waals surface area contributed by atoms with Crippen LogP contribution in [-0.2, 0) is 4.74 Å². The molecule has 0 saturated carbocycles. The molecule has 0 spiro atoms. The number of amides is 1. The summed E-state index contributed by atoms with van der Waals surface area (Å²) in [5.74, 6) is -0.178. The third-order valence-electron chi connectivity index (χ3n) is 2.83. The normalized spacial score (nSPS) is 18.9. The van der Waals surface area contributed by atoms with Gasteiger partial charge in [0.25, 0.3) is 5.91 Å². The van der Waals surface area contributed by atoms with E-state index in [1.54, 1.807) is 12.1 Å². The van der Waals surface area contributed by atoms with Gasteiger partial charge >= 0.3 is 0 Å². The molecular weight excluding hydrogens is 364 g/mol. The highest BCUT2D eigenvalue weighted by Crippen LogP contribution is 2.27. The van der Waals surface area contributed by atoms with Crippen LogP contribution in [-0.4, -0.2) is 25.2 Å². The van der Waals surface area contributed by atoms with Crippen molar-refractivity contribution in [3.05, 3.63) is 26.6 Å². The lowest BCUT2D eigenvalue weighted by Gasteiger charge is -2.13. The van der Waals surface area contributed by atoms with E-state index in [0.717, 1.165) is 23.9 Å². The second-order valence-corrected chi connectivity index (χ2v) is 5.97. The number of carbonyl (C=O) groups is 1. The molecule has 1 amide bonds. The van der Waals surface area contributed by atoms with Gasteiger partial charge in [-0.3, -0.25) is 4.79 Å². The summed E-state index contributed by atoms with van der Waals surface area (Å²) in [6.07, 6.45) is 2.19. The Morgan fingerprint density at radius 1 is 1.50 bits per heavy atom. The van der Waals surface area contributed by atoms with Gasteiger partial charge in [0.05, 0.1) is 11.7 Å². The smallest absolute Gasteiger partial charge is 0.254 e. The molecule has 1 saturated heterocycles. The number of carbonyl (C=O) groups excluding carboxylic acids is 1. The van der Waals surface area contributed by atoms with Crippen LogP contribution in [0.4, 0.5) is 5.69 Å². The summed E-state index contributed by atoms with van der Waals surface area (Å²) in [5.41, 5.74) is 6.77. The number of rotatable bonds is 3. The summed E-state index contributed by atoms with van der Waals surface area (Å²) in [4.78, 5) is 12.1. The van der Waals surface area contributed by atoms with Gasteiger partial charge in [-0.2, -0.15) is 0 Å². The fraction of sp³-hybridized carbons (Fsp3) is 0.417. The van der Waals surface area contributed by atoms with Crippen LogP contribution < -0.4 is 11.1 Å². The first-order valence-electron chi connectivity index (χ1n) is 5.72. The third kappa shape index (κ3) is 3.24. The third-order valence-corrected chi connectivity index (χ3v) is 3.91. The number of anilines is 1. The molecule has 1 atom stereocenters. The monoisotopic (exact) mass is 376 g/mol. The van der Waals surface area contributed by atoms with E-state index in [4.69, 9.17) is 10.5 Å². The zero-order valence-corrected chi connectivity index (χ0v) is 12.9. The largest absolute Gasteiger partial charge is 0.398 e. The van der Waals surface area contributed by atoms with Gasteiger partial charge in [0.15, 0.2) is 0 Å². The van der Waals surface area contributed by atoms with Crippen molar-refractivity contribution < 1.29 is 9.53 Å². The molecule has 0 radical (unpaired) electrons. The summed E-state index contributed by atoms with van der Waals surface area (Å²) in [6.45, 7) is 1.31. The number of nitrogens with one attached hydrogen (secondary N) is 1. The lowest BCUT2D eigenvalue weighted by Crippen LogP contribution is -2.32. The highest BCUT2D eigenvalue weighted by atomic mass is 79.9. The summed E-state index contributed by atoms with van der Waals surface area (Å²) in [5, 5.41) is 2.85. The predicted molar refractivity (Wildman–Crippen MR) is 77.6 cm³/mol. The molecule has 98 valence electrons. The van der Waals surface area contributed by atoms with Crippen molar-refractivity contribution in [2.75, 3.05) is 18.9 Å². The van der Waals surface area contributed by atoms with Crippen LogP contribution >= 0.6 is 31.9 Å². The molecule has 1 aliphatic rings. The first-order chi connectivity index (χ1) is 8.58. The Morgan fingerprint density at radius 3 is 2.89 bits per heavy atom. The van der Waals surface area contributed by atoms with Crippen molar-refractivity contribution in [1.29, 1.82) is 0 Å². The number of nitrogens with two attached hydrogens (primary N) is 1. The molecular formula is C12H14Br2N2O2. The number of nitrogen functional groups attached to an aromatic ring is 1. The first-order valence-corrected chi connectivity index (χ1v) is 7.31. The Hall–Kier alpha value is -0.590. The molecule has 0 bridgehead atoms. The summed E-state index contributed by atoms with van der Waals surface area (Å²) in [7, 11) is 0. The Labute approximate surface area is 123 Å². The quantitative estimate of drug-likeness (QED) is 0.796. The average Bonchev–Trinajstić information content (AvgIpc) is 2.77. The van der Waals surface area contributed by atoms with Crippen LogP contribution in [0.2, 0.25) is 0 Å². The van der Waals surface area contributed by atoms with Crippen molar-refractivity contribution >= 4 is 43.5 Å². The average molecular weight is 378 g/mol. The Morgan fingerprint density at radius 2 is 2.28 bits per heavy atom. The van der Waals surface area contributed by atoms with Crippen LogP contribution in [0.3, 0.4) is 0 Å². The molecule has 0 aromatic heterocycles. The fourth-order valence-corrected chi connectivity index (χ4v) is 3.37. The molecule has 1 aliphatic heterocycles. The summed E-state index contributed by atoms with van der Waals surface area (Å²) >= 11 is 6.68. The van der Waals surface area contributed by atoms with Gasteiger partial charge in [-0.1, -0.05) is 15.9 Å². The van der Waals surface area contributed by atoms with E-state index in [9.17, 15) is 4.79 Å². The highest BCUT2D eigenvalue weighted by Gasteiger charge is 2.19. The topological polar surface area (TPSA) is 64.4 Å². The number of halogens is 2. The summed E-state index contributed by atoms with van der Waals surface area (Å²) in [6, 6.07) is 3.52. The zero-order chi connectivity index (χ0) is 13.1. The number of hydrogen-bond donors (Lipinski definition) is 2. The van der Waals surface area contributed by atoms with E-state index >= 15 is 0 Å². The van der Waals surface area contributed by atoms with Crippen LogP contribution in [0.25, 0.3) is 0 Å². The SMILES string of the molecule is Nc1cc(Br)cc(Br)c1C(=O)NCC1CCCO1. The molecule has 18 heavy (non-hydrogen) atoms. The van der Waals surface area contributed by atoms with Crippen molar-refractivity contribution in [1.82, 2.24) is 5.32 Å². The van der Waals surface area contributed by atoms with E-state index in [1.165, 1.54) is 0 Å². The Kier molecular flexibility index (Phi) is 4.64. The fourth-order valence-electron chi connectivity index (χ4n) is 1.93. The van der Waals surface area contributed by atoms with Gasteiger partial charge in [-0.25, -0.2) is 0 Å². The molecule has 6 heteroatoms. The highest BCUT2D eigenvalue weighted by molar-refractivity contribution is 9.11. The van der Waals surface area contributed by atoms with Crippen molar-refractivity contribution in [2.45, 2.75) is 18.9 Å². The van der Waals surface area contributed by atoms with Crippen molar-refractivity contribution in [3.63, 3.8) is 0 Å². The Bertz CT molecular complexity index is 436. The minimum atomic E-state index is -0.178. The molecule has 4 nitrogen and oxygen atoms in total. The van der Waals surface area contributed by atoms with Crippen LogP contribution in [0.15, 0.2) is 21.1 Å². The van der Waals surface area contributed by atoms with E-state index in [-0.39, 0.29) is 12.0 Å². The van der Waals surface area contributed by atoms with Crippen molar-refractivity contribution in [2.24, 2.45) is 0 Å². The maximum Gasteiger partial charge on any atom is 0.254 e. The molecule has 1 aromatic carbocycles. The van der Waals surface area contributed by atoms with Crippen LogP contribution in [0.5, 0.6) is 0 Å². The maximum atomic E-state index is 12.1. The van der Waals surface area contributed by atoms with Crippen LogP contribution in [0.1, 0.15) is 23.2 Å². The zero-order valence-electron chi connectivity index (χ0n) is 9.71. The molecule has 3 N–H and O–H groups in total. The molecule has 1 heterocycles. The van der Waals surface area contributed by atoms with E-state index in [1.807, 2.05) is 0 Å². The van der Waals surface area contributed by atoms with E-state index in [2.05, 4.69) is 37.2 Å². The molecule has 0 aliphatic carbocycles. The minimum Gasteiger partial charge on any atom is -0.398 e. The van der Waals surface area contributed by atoms with Gasteiger partial charge < -0.3 is 15.8 Å². The molecule has 1 aromatic rings. The number of hydrogen-bond acceptors (Lipinski definition) is 3. The minimum absolute atomic E-state index is 0.129. The van der Waals surface area contributed by atoms with Gasteiger partial charge in [-0.05, 0) is 40.9 Å². The van der Waals surface area contributed by atoms with Gasteiger partial charge in [0.1, 0.15) is 0 Å².